The molecule has 29 heavy (non-hydrogen) atoms. The summed E-state index contributed by atoms with van der Waals surface area (Å²) in [4.78, 5) is 34.0. The zero-order valence-electron chi connectivity index (χ0n) is 15.3. The number of nitrogens with zero attached hydrogens (tertiary/aromatic N) is 5. The van der Waals surface area contributed by atoms with Gasteiger partial charge < -0.3 is 15.2 Å². The second-order valence-electron chi connectivity index (χ2n) is 6.79. The van der Waals surface area contributed by atoms with E-state index in [1.54, 1.807) is 29.7 Å². The van der Waals surface area contributed by atoms with E-state index in [-0.39, 0.29) is 0 Å². The Labute approximate surface area is 163 Å². The second-order valence-corrected chi connectivity index (χ2v) is 6.79. The van der Waals surface area contributed by atoms with E-state index in [1.165, 1.54) is 6.33 Å². The molecule has 11 heteroatoms. The first kappa shape index (κ1) is 19.1. The second kappa shape index (κ2) is 7.64. The molecule has 0 saturated carbocycles. The molecule has 1 amide bonds. The van der Waals surface area contributed by atoms with Crippen LogP contribution in [-0.2, 0) is 4.79 Å². The monoisotopic (exact) mass is 405 g/mol. The quantitative estimate of drug-likeness (QED) is 0.692. The van der Waals surface area contributed by atoms with E-state index in [0.717, 1.165) is 23.8 Å². The van der Waals surface area contributed by atoms with Crippen molar-refractivity contribution < 1.29 is 18.0 Å². The lowest BCUT2D eigenvalue weighted by Gasteiger charge is -2.36. The van der Waals surface area contributed by atoms with Crippen LogP contribution in [0.2, 0.25) is 0 Å². The zero-order valence-corrected chi connectivity index (χ0v) is 15.3. The van der Waals surface area contributed by atoms with E-state index in [2.05, 4.69) is 24.9 Å². The average molecular weight is 405 g/mol. The minimum atomic E-state index is -4.44. The maximum absolute atomic E-state index is 12.4. The van der Waals surface area contributed by atoms with Gasteiger partial charge in [-0.05, 0) is 19.3 Å². The van der Waals surface area contributed by atoms with E-state index in [1.807, 2.05) is 5.32 Å². The van der Waals surface area contributed by atoms with Gasteiger partial charge in [0.2, 0.25) is 5.91 Å². The minimum Gasteiger partial charge on any atom is -0.357 e. The summed E-state index contributed by atoms with van der Waals surface area (Å²) < 4.78 is 37.3. The van der Waals surface area contributed by atoms with Gasteiger partial charge in [-0.15, -0.1) is 0 Å². The molecule has 0 bridgehead atoms. The van der Waals surface area contributed by atoms with Gasteiger partial charge in [0.05, 0.1) is 18.1 Å². The summed E-state index contributed by atoms with van der Waals surface area (Å²) in [6.45, 7) is -0.790. The van der Waals surface area contributed by atoms with Crippen LogP contribution < -0.4 is 10.2 Å². The van der Waals surface area contributed by atoms with Gasteiger partial charge in [-0.3, -0.25) is 4.79 Å². The normalized spacial score (nSPS) is 17.5. The van der Waals surface area contributed by atoms with Crippen molar-refractivity contribution in [1.29, 1.82) is 0 Å². The number of carbonyl (C=O) groups excluding carboxylic acids is 1. The third-order valence-electron chi connectivity index (χ3n) is 4.83. The number of hydrogen-bond donors (Lipinski definition) is 2. The van der Waals surface area contributed by atoms with Gasteiger partial charge in [0.25, 0.3) is 0 Å². The first-order chi connectivity index (χ1) is 13.9. The van der Waals surface area contributed by atoms with Gasteiger partial charge in [0, 0.05) is 29.9 Å². The number of alkyl halides is 3. The number of piperidine rings is 1. The molecule has 3 aromatic heterocycles. The van der Waals surface area contributed by atoms with Gasteiger partial charge in [-0.2, -0.15) is 13.2 Å². The maximum Gasteiger partial charge on any atom is 0.405 e. The molecule has 1 saturated heterocycles. The van der Waals surface area contributed by atoms with Gasteiger partial charge in [0.1, 0.15) is 24.6 Å². The number of nitrogens with one attached hydrogen (secondary N) is 2. The van der Waals surface area contributed by atoms with Crippen LogP contribution in [0.15, 0.2) is 31.1 Å². The van der Waals surface area contributed by atoms with Crippen molar-refractivity contribution in [2.45, 2.75) is 31.5 Å². The highest BCUT2D eigenvalue weighted by molar-refractivity contribution is 5.91. The Morgan fingerprint density at radius 3 is 2.76 bits per heavy atom. The fourth-order valence-electron chi connectivity index (χ4n) is 3.47. The lowest BCUT2D eigenvalue weighted by Crippen LogP contribution is -2.51. The first-order valence-electron chi connectivity index (χ1n) is 9.13. The largest absolute Gasteiger partial charge is 0.405 e. The van der Waals surface area contributed by atoms with Crippen LogP contribution in [0, 0.1) is 0 Å². The highest BCUT2D eigenvalue weighted by Crippen LogP contribution is 2.27. The summed E-state index contributed by atoms with van der Waals surface area (Å²) in [7, 11) is 0. The number of aromatic nitrogens is 5. The van der Waals surface area contributed by atoms with Gasteiger partial charge in [-0.25, -0.2) is 19.9 Å². The summed E-state index contributed by atoms with van der Waals surface area (Å²) >= 11 is 0. The van der Waals surface area contributed by atoms with Crippen LogP contribution in [0.3, 0.4) is 0 Å². The maximum atomic E-state index is 12.4. The number of anilines is 1. The van der Waals surface area contributed by atoms with E-state index in [0.29, 0.717) is 30.1 Å². The average Bonchev–Trinajstić information content (AvgIpc) is 3.16. The molecule has 1 aliphatic rings. The van der Waals surface area contributed by atoms with Gasteiger partial charge >= 0.3 is 6.18 Å². The number of halogens is 3. The molecule has 4 rings (SSSR count). The minimum absolute atomic E-state index is 0.463. The number of H-pyrrole nitrogens is 1. The van der Waals surface area contributed by atoms with Crippen molar-refractivity contribution in [3.8, 4) is 11.4 Å². The molecule has 1 atom stereocenters. The Bertz CT molecular complexity index is 1000. The van der Waals surface area contributed by atoms with Gasteiger partial charge in [0.15, 0.2) is 5.82 Å². The Morgan fingerprint density at radius 2 is 2.00 bits per heavy atom. The van der Waals surface area contributed by atoms with Crippen molar-refractivity contribution in [3.63, 3.8) is 0 Å². The smallest absolute Gasteiger partial charge is 0.357 e. The Kier molecular flexibility index (Phi) is 5.03. The van der Waals surface area contributed by atoms with Crippen molar-refractivity contribution in [3.05, 3.63) is 31.1 Å². The molecule has 3 aromatic rings. The predicted octanol–water partition coefficient (Wildman–Crippen LogP) is 2.45. The number of hydrogen-bond acceptors (Lipinski definition) is 6. The van der Waals surface area contributed by atoms with E-state index in [4.69, 9.17) is 0 Å². The van der Waals surface area contributed by atoms with Crippen molar-refractivity contribution >= 4 is 22.6 Å². The number of rotatable bonds is 4. The summed E-state index contributed by atoms with van der Waals surface area (Å²) in [5, 5.41) is 2.76. The molecular weight excluding hydrogens is 387 g/mol. The third-order valence-corrected chi connectivity index (χ3v) is 4.83. The van der Waals surface area contributed by atoms with Crippen LogP contribution in [-0.4, -0.2) is 56.1 Å². The highest BCUT2D eigenvalue weighted by atomic mass is 19.4. The van der Waals surface area contributed by atoms with Crippen molar-refractivity contribution in [1.82, 2.24) is 30.2 Å². The molecule has 0 spiro atoms. The van der Waals surface area contributed by atoms with Crippen LogP contribution in [0.25, 0.3) is 22.4 Å². The topological polar surface area (TPSA) is 99.7 Å². The summed E-state index contributed by atoms with van der Waals surface area (Å²) in [5.74, 6) is -0.176. The lowest BCUT2D eigenvalue weighted by molar-refractivity contribution is -0.139. The zero-order chi connectivity index (χ0) is 20.4. The van der Waals surface area contributed by atoms with E-state index >= 15 is 0 Å². The molecule has 1 fully saturated rings. The number of amides is 1. The molecule has 0 aromatic carbocycles. The summed E-state index contributed by atoms with van der Waals surface area (Å²) in [5.41, 5.74) is 2.00. The standard InChI is InChI=1S/C18H18F3N7O/c19-18(20,21)9-26-17(29)14-3-1-2-4-28(14)11-5-23-15(24-6-11)13-8-25-16-12(13)7-22-10-27-16/h5-8,10,14H,1-4,9H2,(H,26,29)(H,22,25,27)/t14-/m1/s1. The Balaban J connectivity index is 1.54. The van der Waals surface area contributed by atoms with Crippen molar-refractivity contribution in [2.24, 2.45) is 0 Å². The summed E-state index contributed by atoms with van der Waals surface area (Å²) in [6, 6.07) is -0.679. The number of fused-ring (bicyclic) bond motifs is 1. The predicted molar refractivity (Wildman–Crippen MR) is 99.0 cm³/mol. The van der Waals surface area contributed by atoms with Crippen LogP contribution in [0.5, 0.6) is 0 Å². The molecule has 4 heterocycles. The highest BCUT2D eigenvalue weighted by Gasteiger charge is 2.33. The molecule has 0 aliphatic carbocycles. The van der Waals surface area contributed by atoms with Crippen LogP contribution in [0.4, 0.5) is 18.9 Å². The number of aromatic amines is 1. The van der Waals surface area contributed by atoms with Crippen LogP contribution in [0.1, 0.15) is 19.3 Å². The SMILES string of the molecule is O=C(NCC(F)(F)F)[C@H]1CCCCN1c1cnc(-c2c[nH]c3ncncc23)nc1. The fourth-order valence-corrected chi connectivity index (χ4v) is 3.47. The fraction of sp³-hybridized carbons (Fsp3) is 0.389. The van der Waals surface area contributed by atoms with E-state index in [9.17, 15) is 18.0 Å². The first-order valence-corrected chi connectivity index (χ1v) is 9.13. The molecule has 0 unspecified atom stereocenters. The van der Waals surface area contributed by atoms with E-state index < -0.39 is 24.7 Å². The van der Waals surface area contributed by atoms with Gasteiger partial charge in [-0.1, -0.05) is 0 Å². The van der Waals surface area contributed by atoms with Crippen LogP contribution >= 0.6 is 0 Å². The Hall–Kier alpha value is -3.24. The third kappa shape index (κ3) is 4.13. The lowest BCUT2D eigenvalue weighted by atomic mass is 10.0. The Morgan fingerprint density at radius 1 is 1.21 bits per heavy atom. The number of carbonyl (C=O) groups is 1. The molecule has 8 nitrogen and oxygen atoms in total. The molecule has 1 aliphatic heterocycles. The molecular formula is C18H18F3N7O. The summed E-state index contributed by atoms with van der Waals surface area (Å²) in [6.07, 6.45) is 5.65. The molecule has 0 radical (unpaired) electrons. The molecule has 152 valence electrons. The molecule has 2 N–H and O–H groups in total. The van der Waals surface area contributed by atoms with Crippen molar-refractivity contribution in [2.75, 3.05) is 18.0 Å².